The minimum absolute atomic E-state index is 0.150. The van der Waals surface area contributed by atoms with Crippen molar-refractivity contribution < 1.29 is 12.8 Å². The van der Waals surface area contributed by atoms with Gasteiger partial charge in [-0.05, 0) is 37.6 Å². The number of aryl methyl sites for hydroxylation is 1. The molecule has 1 aliphatic carbocycles. The van der Waals surface area contributed by atoms with Gasteiger partial charge >= 0.3 is 0 Å². The third-order valence-electron chi connectivity index (χ3n) is 4.49. The Morgan fingerprint density at radius 1 is 1.38 bits per heavy atom. The van der Waals surface area contributed by atoms with Crippen molar-refractivity contribution in [1.82, 2.24) is 10.0 Å². The lowest BCUT2D eigenvalue weighted by Crippen LogP contribution is -2.32. The van der Waals surface area contributed by atoms with E-state index in [0.29, 0.717) is 30.5 Å². The third-order valence-corrected chi connectivity index (χ3v) is 6.00. The molecule has 5 nitrogen and oxygen atoms in total. The van der Waals surface area contributed by atoms with Crippen molar-refractivity contribution in [3.05, 3.63) is 17.6 Å². The monoisotopic (exact) mass is 314 g/mol. The van der Waals surface area contributed by atoms with Crippen molar-refractivity contribution in [2.45, 2.75) is 52.0 Å². The Hall–Kier alpha value is -0.850. The van der Waals surface area contributed by atoms with Gasteiger partial charge in [0.2, 0.25) is 10.0 Å². The molecule has 1 saturated carbocycles. The van der Waals surface area contributed by atoms with Crippen molar-refractivity contribution in [3.8, 4) is 0 Å². The highest BCUT2D eigenvalue weighted by molar-refractivity contribution is 7.89. The van der Waals surface area contributed by atoms with E-state index in [2.05, 4.69) is 23.9 Å². The van der Waals surface area contributed by atoms with Gasteiger partial charge in [-0.25, -0.2) is 13.1 Å². The topological polar surface area (TPSA) is 71.3 Å². The van der Waals surface area contributed by atoms with Gasteiger partial charge in [-0.1, -0.05) is 20.8 Å². The average Bonchev–Trinajstić information content (AvgIpc) is 3.12. The van der Waals surface area contributed by atoms with Crippen molar-refractivity contribution in [2.75, 3.05) is 13.1 Å². The number of nitrogens with one attached hydrogen (secondary N) is 2. The number of hydrogen-bond acceptors (Lipinski definition) is 4. The second-order valence-corrected chi connectivity index (χ2v) is 7.99. The molecule has 0 aromatic carbocycles. The van der Waals surface area contributed by atoms with Crippen LogP contribution in [-0.2, 0) is 16.6 Å². The van der Waals surface area contributed by atoms with Gasteiger partial charge in [-0.2, -0.15) is 0 Å². The van der Waals surface area contributed by atoms with Crippen LogP contribution >= 0.6 is 0 Å². The molecule has 0 spiro atoms. The van der Waals surface area contributed by atoms with Gasteiger partial charge in [0, 0.05) is 12.6 Å². The van der Waals surface area contributed by atoms with E-state index in [1.54, 1.807) is 13.0 Å². The first-order chi connectivity index (χ1) is 9.81. The van der Waals surface area contributed by atoms with Gasteiger partial charge in [0.15, 0.2) is 0 Å². The Morgan fingerprint density at radius 3 is 2.57 bits per heavy atom. The van der Waals surface area contributed by atoms with Crippen molar-refractivity contribution in [3.63, 3.8) is 0 Å². The number of furan rings is 1. The molecule has 6 heteroatoms. The van der Waals surface area contributed by atoms with E-state index < -0.39 is 10.0 Å². The number of rotatable bonds is 8. The van der Waals surface area contributed by atoms with Gasteiger partial charge in [0.1, 0.15) is 16.4 Å². The summed E-state index contributed by atoms with van der Waals surface area (Å²) in [7, 11) is -3.49. The highest BCUT2D eigenvalue weighted by atomic mass is 32.2. The molecule has 0 radical (unpaired) electrons. The SMILES string of the molecule is CCNCc1cc(S(=O)(=O)NCC2(C(C)C)CC2)c(C)o1. The molecule has 1 aromatic rings. The maximum absolute atomic E-state index is 12.4. The molecule has 2 N–H and O–H groups in total. The van der Waals surface area contributed by atoms with E-state index in [9.17, 15) is 8.42 Å². The molecule has 120 valence electrons. The second-order valence-electron chi connectivity index (χ2n) is 6.26. The van der Waals surface area contributed by atoms with Crippen LogP contribution in [0.5, 0.6) is 0 Å². The first-order valence-corrected chi connectivity index (χ1v) is 9.09. The molecule has 21 heavy (non-hydrogen) atoms. The molecule has 2 rings (SSSR count). The molecule has 0 bridgehead atoms. The largest absolute Gasteiger partial charge is 0.464 e. The summed E-state index contributed by atoms with van der Waals surface area (Å²) in [6.07, 6.45) is 2.20. The lowest BCUT2D eigenvalue weighted by Gasteiger charge is -2.19. The summed E-state index contributed by atoms with van der Waals surface area (Å²) in [5.74, 6) is 1.60. The predicted molar refractivity (Wildman–Crippen MR) is 82.5 cm³/mol. The first-order valence-electron chi connectivity index (χ1n) is 7.60. The fraction of sp³-hybridized carbons (Fsp3) is 0.733. The third kappa shape index (κ3) is 3.67. The lowest BCUT2D eigenvalue weighted by atomic mass is 9.93. The standard InChI is InChI=1S/C15H26N2O3S/c1-5-16-9-13-8-14(12(4)20-13)21(18,19)17-10-15(6-7-15)11(2)3/h8,11,16-17H,5-7,9-10H2,1-4H3. The average molecular weight is 314 g/mol. The van der Waals surface area contributed by atoms with Gasteiger partial charge in [0.25, 0.3) is 0 Å². The summed E-state index contributed by atoms with van der Waals surface area (Å²) >= 11 is 0. The van der Waals surface area contributed by atoms with Crippen LogP contribution in [0.2, 0.25) is 0 Å². The van der Waals surface area contributed by atoms with Crippen LogP contribution in [0.3, 0.4) is 0 Å². The first kappa shape index (κ1) is 16.5. The Balaban J connectivity index is 2.07. The Morgan fingerprint density at radius 2 is 2.05 bits per heavy atom. The van der Waals surface area contributed by atoms with Gasteiger partial charge in [0.05, 0.1) is 6.54 Å². The fourth-order valence-electron chi connectivity index (χ4n) is 2.56. The van der Waals surface area contributed by atoms with E-state index in [-0.39, 0.29) is 10.3 Å². The zero-order chi connectivity index (χ0) is 15.7. The fourth-order valence-corrected chi connectivity index (χ4v) is 3.90. The number of hydrogen-bond donors (Lipinski definition) is 2. The molecule has 1 fully saturated rings. The zero-order valence-corrected chi connectivity index (χ0v) is 14.1. The Kier molecular flexibility index (Phi) is 4.80. The summed E-state index contributed by atoms with van der Waals surface area (Å²) in [4.78, 5) is 0.259. The lowest BCUT2D eigenvalue weighted by molar-refractivity contribution is 0.357. The highest BCUT2D eigenvalue weighted by Gasteiger charge is 2.45. The van der Waals surface area contributed by atoms with Crippen molar-refractivity contribution in [1.29, 1.82) is 0 Å². The van der Waals surface area contributed by atoms with E-state index in [0.717, 1.165) is 19.4 Å². The normalized spacial score (nSPS) is 17.4. The summed E-state index contributed by atoms with van der Waals surface area (Å²) in [6.45, 7) is 9.87. The van der Waals surface area contributed by atoms with Crippen LogP contribution in [0, 0.1) is 18.3 Å². The molecule has 0 amide bonds. The minimum Gasteiger partial charge on any atom is -0.464 e. The van der Waals surface area contributed by atoms with Crippen LogP contribution in [-0.4, -0.2) is 21.5 Å². The van der Waals surface area contributed by atoms with Crippen molar-refractivity contribution >= 4 is 10.0 Å². The van der Waals surface area contributed by atoms with Crippen LogP contribution in [0.15, 0.2) is 15.4 Å². The van der Waals surface area contributed by atoms with E-state index in [1.165, 1.54) is 0 Å². The van der Waals surface area contributed by atoms with E-state index in [1.807, 2.05) is 6.92 Å². The van der Waals surface area contributed by atoms with Gasteiger partial charge < -0.3 is 9.73 Å². The summed E-state index contributed by atoms with van der Waals surface area (Å²) in [6, 6.07) is 1.62. The Bertz CT molecular complexity index is 586. The molecule has 0 aliphatic heterocycles. The van der Waals surface area contributed by atoms with Gasteiger partial charge in [-0.15, -0.1) is 0 Å². The van der Waals surface area contributed by atoms with E-state index >= 15 is 0 Å². The molecule has 0 saturated heterocycles. The van der Waals surface area contributed by atoms with Crippen LogP contribution in [0.1, 0.15) is 45.1 Å². The number of sulfonamides is 1. The molecule has 1 heterocycles. The molecule has 1 aromatic heterocycles. The predicted octanol–water partition coefficient (Wildman–Crippen LogP) is 2.41. The Labute approximate surface area is 127 Å². The van der Waals surface area contributed by atoms with Gasteiger partial charge in [-0.3, -0.25) is 0 Å². The summed E-state index contributed by atoms with van der Waals surface area (Å²) < 4.78 is 33.2. The molecule has 0 atom stereocenters. The van der Waals surface area contributed by atoms with Crippen LogP contribution in [0.4, 0.5) is 0 Å². The summed E-state index contributed by atoms with van der Waals surface area (Å²) in [5, 5.41) is 3.13. The maximum atomic E-state index is 12.4. The maximum Gasteiger partial charge on any atom is 0.244 e. The smallest absolute Gasteiger partial charge is 0.244 e. The molecular formula is C15H26N2O3S. The quantitative estimate of drug-likeness (QED) is 0.773. The zero-order valence-electron chi connectivity index (χ0n) is 13.3. The molecule has 1 aliphatic rings. The highest BCUT2D eigenvalue weighted by Crippen LogP contribution is 2.51. The van der Waals surface area contributed by atoms with Crippen LogP contribution in [0.25, 0.3) is 0 Å². The second kappa shape index (κ2) is 6.10. The van der Waals surface area contributed by atoms with Crippen LogP contribution < -0.4 is 10.0 Å². The van der Waals surface area contributed by atoms with Crippen molar-refractivity contribution in [2.24, 2.45) is 11.3 Å². The molecule has 0 unspecified atom stereocenters. The minimum atomic E-state index is -3.49. The van der Waals surface area contributed by atoms with E-state index in [4.69, 9.17) is 4.42 Å². The summed E-state index contributed by atoms with van der Waals surface area (Å²) in [5.41, 5.74) is 0.150. The molecular weight excluding hydrogens is 288 g/mol.